The molecule has 0 saturated heterocycles. The maximum Gasteiger partial charge on any atom is 0.0648 e. The van der Waals surface area contributed by atoms with Crippen LogP contribution < -0.4 is 5.73 Å². The van der Waals surface area contributed by atoms with E-state index < -0.39 is 0 Å². The van der Waals surface area contributed by atoms with Crippen LogP contribution in [0.2, 0.25) is 0 Å². The van der Waals surface area contributed by atoms with Gasteiger partial charge in [-0.1, -0.05) is 12.1 Å². The molecule has 3 heteroatoms. The zero-order chi connectivity index (χ0) is 10.7. The third-order valence-electron chi connectivity index (χ3n) is 2.24. The molecule has 0 bridgehead atoms. The molecule has 0 amide bonds. The third kappa shape index (κ3) is 2.44. The number of nitrogens with two attached hydrogens (primary N) is 1. The van der Waals surface area contributed by atoms with Crippen LogP contribution in [0.15, 0.2) is 42.7 Å². The highest BCUT2D eigenvalue weighted by molar-refractivity contribution is 5.35. The van der Waals surface area contributed by atoms with Crippen LogP contribution in [0, 0.1) is 0 Å². The van der Waals surface area contributed by atoms with Gasteiger partial charge in [0.2, 0.25) is 0 Å². The molecule has 15 heavy (non-hydrogen) atoms. The maximum atomic E-state index is 5.77. The molecule has 2 rings (SSSR count). The molecule has 1 aromatic heterocycles. The predicted molar refractivity (Wildman–Crippen MR) is 60.9 cm³/mol. The van der Waals surface area contributed by atoms with E-state index >= 15 is 0 Å². The van der Waals surface area contributed by atoms with Crippen LogP contribution in [-0.2, 0) is 6.42 Å². The number of hydrogen-bond donors (Lipinski definition) is 1. The Morgan fingerprint density at radius 1 is 1.40 bits per heavy atom. The van der Waals surface area contributed by atoms with Crippen molar-refractivity contribution in [3.63, 3.8) is 0 Å². The summed E-state index contributed by atoms with van der Waals surface area (Å²) in [6.07, 6.45) is 4.61. The number of aromatic nitrogens is 2. The van der Waals surface area contributed by atoms with E-state index in [1.807, 2.05) is 36.0 Å². The zero-order valence-corrected chi connectivity index (χ0v) is 8.80. The van der Waals surface area contributed by atoms with Crippen molar-refractivity contribution in [3.8, 4) is 5.69 Å². The van der Waals surface area contributed by atoms with Gasteiger partial charge in [-0.15, -0.1) is 0 Å². The second kappa shape index (κ2) is 4.28. The first-order chi connectivity index (χ1) is 7.25. The van der Waals surface area contributed by atoms with Gasteiger partial charge >= 0.3 is 0 Å². The largest absolute Gasteiger partial charge is 0.328 e. The van der Waals surface area contributed by atoms with Crippen molar-refractivity contribution >= 4 is 0 Å². The monoisotopic (exact) mass is 201 g/mol. The third-order valence-corrected chi connectivity index (χ3v) is 2.24. The molecule has 0 unspecified atom stereocenters. The van der Waals surface area contributed by atoms with Crippen LogP contribution in [0.25, 0.3) is 5.69 Å². The minimum absolute atomic E-state index is 0.192. The summed E-state index contributed by atoms with van der Waals surface area (Å²) < 4.78 is 1.85. The van der Waals surface area contributed by atoms with E-state index in [2.05, 4.69) is 17.2 Å². The zero-order valence-electron chi connectivity index (χ0n) is 8.80. The van der Waals surface area contributed by atoms with Crippen LogP contribution in [0.3, 0.4) is 0 Å². The Hall–Kier alpha value is -1.61. The number of hydrogen-bond acceptors (Lipinski definition) is 2. The van der Waals surface area contributed by atoms with Gasteiger partial charge in [0.15, 0.2) is 0 Å². The molecule has 0 aliphatic rings. The first-order valence-corrected chi connectivity index (χ1v) is 5.10. The average molecular weight is 201 g/mol. The minimum atomic E-state index is 0.192. The fraction of sp³-hybridized carbons (Fsp3) is 0.250. The second-order valence-electron chi connectivity index (χ2n) is 3.80. The summed E-state index contributed by atoms with van der Waals surface area (Å²) in [5.74, 6) is 0. The van der Waals surface area contributed by atoms with Crippen molar-refractivity contribution in [2.24, 2.45) is 5.73 Å². The van der Waals surface area contributed by atoms with Gasteiger partial charge in [0.1, 0.15) is 0 Å². The SMILES string of the molecule is C[C@@H](N)Cc1cccc(-n2cccn2)c1. The van der Waals surface area contributed by atoms with E-state index in [0.29, 0.717) is 0 Å². The molecule has 2 N–H and O–H groups in total. The standard InChI is InChI=1S/C12H15N3/c1-10(13)8-11-4-2-5-12(9-11)15-7-3-6-14-15/h2-7,9-10H,8,13H2,1H3/t10-/m1/s1. The van der Waals surface area contributed by atoms with Gasteiger partial charge in [-0.3, -0.25) is 0 Å². The average Bonchev–Trinajstić information content (AvgIpc) is 2.69. The highest BCUT2D eigenvalue weighted by Gasteiger charge is 2.00. The molecule has 0 spiro atoms. The molecule has 0 aliphatic heterocycles. The maximum absolute atomic E-state index is 5.77. The van der Waals surface area contributed by atoms with Gasteiger partial charge in [-0.2, -0.15) is 5.10 Å². The predicted octanol–water partition coefficient (Wildman–Crippen LogP) is 1.76. The normalized spacial score (nSPS) is 12.7. The Balaban J connectivity index is 2.27. The Morgan fingerprint density at radius 2 is 2.27 bits per heavy atom. The van der Waals surface area contributed by atoms with E-state index in [4.69, 9.17) is 5.73 Å². The van der Waals surface area contributed by atoms with Gasteiger partial charge in [0, 0.05) is 18.4 Å². The van der Waals surface area contributed by atoms with E-state index in [-0.39, 0.29) is 6.04 Å². The molecule has 0 radical (unpaired) electrons. The summed E-state index contributed by atoms with van der Waals surface area (Å²) in [5.41, 5.74) is 8.10. The summed E-state index contributed by atoms with van der Waals surface area (Å²) in [5, 5.41) is 4.19. The summed E-state index contributed by atoms with van der Waals surface area (Å²) >= 11 is 0. The van der Waals surface area contributed by atoms with Crippen molar-refractivity contribution in [2.45, 2.75) is 19.4 Å². The lowest BCUT2D eigenvalue weighted by molar-refractivity contribution is 0.736. The first-order valence-electron chi connectivity index (χ1n) is 5.10. The van der Waals surface area contributed by atoms with Gasteiger partial charge < -0.3 is 5.73 Å². The fourth-order valence-corrected chi connectivity index (χ4v) is 1.62. The summed E-state index contributed by atoms with van der Waals surface area (Å²) in [6.45, 7) is 2.01. The number of rotatable bonds is 3. The van der Waals surface area contributed by atoms with Crippen LogP contribution in [0.1, 0.15) is 12.5 Å². The number of benzene rings is 1. The minimum Gasteiger partial charge on any atom is -0.328 e. The van der Waals surface area contributed by atoms with Crippen LogP contribution >= 0.6 is 0 Å². The Bertz CT molecular complexity index is 418. The molecule has 78 valence electrons. The van der Waals surface area contributed by atoms with Crippen molar-refractivity contribution in [1.29, 1.82) is 0 Å². The molecular formula is C12H15N3. The van der Waals surface area contributed by atoms with Crippen LogP contribution in [0.5, 0.6) is 0 Å². The van der Waals surface area contributed by atoms with E-state index in [1.54, 1.807) is 6.20 Å². The Kier molecular flexibility index (Phi) is 2.83. The van der Waals surface area contributed by atoms with Crippen LogP contribution in [-0.4, -0.2) is 15.8 Å². The molecular weight excluding hydrogens is 186 g/mol. The fourth-order valence-electron chi connectivity index (χ4n) is 1.62. The molecule has 3 nitrogen and oxygen atoms in total. The molecule has 1 atom stereocenters. The lowest BCUT2D eigenvalue weighted by Gasteiger charge is -2.07. The van der Waals surface area contributed by atoms with Crippen molar-refractivity contribution in [3.05, 3.63) is 48.3 Å². The summed E-state index contributed by atoms with van der Waals surface area (Å²) in [7, 11) is 0. The molecule has 0 aliphatic carbocycles. The highest BCUT2D eigenvalue weighted by Crippen LogP contribution is 2.10. The van der Waals surface area contributed by atoms with E-state index in [9.17, 15) is 0 Å². The van der Waals surface area contributed by atoms with Crippen LogP contribution in [0.4, 0.5) is 0 Å². The Morgan fingerprint density at radius 3 is 2.93 bits per heavy atom. The van der Waals surface area contributed by atoms with Crippen molar-refractivity contribution in [2.75, 3.05) is 0 Å². The highest BCUT2D eigenvalue weighted by atomic mass is 15.3. The summed E-state index contributed by atoms with van der Waals surface area (Å²) in [6, 6.07) is 10.4. The van der Waals surface area contributed by atoms with E-state index in [1.165, 1.54) is 5.56 Å². The van der Waals surface area contributed by atoms with E-state index in [0.717, 1.165) is 12.1 Å². The summed E-state index contributed by atoms with van der Waals surface area (Å²) in [4.78, 5) is 0. The molecule has 1 aromatic carbocycles. The van der Waals surface area contributed by atoms with Crippen molar-refractivity contribution < 1.29 is 0 Å². The molecule has 2 aromatic rings. The quantitative estimate of drug-likeness (QED) is 0.822. The molecule has 0 saturated carbocycles. The lowest BCUT2D eigenvalue weighted by Crippen LogP contribution is -2.17. The molecule has 0 fully saturated rings. The van der Waals surface area contributed by atoms with Gasteiger partial charge in [-0.05, 0) is 37.1 Å². The molecule has 1 heterocycles. The second-order valence-corrected chi connectivity index (χ2v) is 3.80. The van der Waals surface area contributed by atoms with Gasteiger partial charge in [0.05, 0.1) is 5.69 Å². The van der Waals surface area contributed by atoms with Gasteiger partial charge in [-0.25, -0.2) is 4.68 Å². The lowest BCUT2D eigenvalue weighted by atomic mass is 10.1. The first kappa shape index (κ1) is 9.93. The smallest absolute Gasteiger partial charge is 0.0648 e. The van der Waals surface area contributed by atoms with Crippen molar-refractivity contribution in [1.82, 2.24) is 9.78 Å². The van der Waals surface area contributed by atoms with Gasteiger partial charge in [0.25, 0.3) is 0 Å². The number of nitrogens with zero attached hydrogens (tertiary/aromatic N) is 2. The topological polar surface area (TPSA) is 43.8 Å². The Labute approximate surface area is 89.5 Å².